The van der Waals surface area contributed by atoms with Gasteiger partial charge in [-0.1, -0.05) is 50.7 Å². The van der Waals surface area contributed by atoms with Crippen molar-refractivity contribution >= 4 is 11.9 Å². The molecule has 0 amide bonds. The zero-order valence-corrected chi connectivity index (χ0v) is 15.7. The number of unbranched alkanes of at least 4 members (excludes halogenated alkanes) is 10. The van der Waals surface area contributed by atoms with Crippen molar-refractivity contribution in [2.45, 2.75) is 89.9 Å². The highest BCUT2D eigenvalue weighted by molar-refractivity contribution is 5.69. The zero-order chi connectivity index (χ0) is 17.9. The van der Waals surface area contributed by atoms with Gasteiger partial charge in [0.1, 0.15) is 0 Å². The molecule has 4 heteroatoms. The van der Waals surface area contributed by atoms with Gasteiger partial charge < -0.3 is 9.47 Å². The summed E-state index contributed by atoms with van der Waals surface area (Å²) in [7, 11) is 2.89. The van der Waals surface area contributed by atoms with Gasteiger partial charge in [0.25, 0.3) is 0 Å². The number of esters is 2. The minimum atomic E-state index is -0.0959. The molecule has 0 aliphatic rings. The molecular formula is C20H36O4. The molecule has 0 unspecified atom stereocenters. The standard InChI is InChI=1S/C20H36O4/c1-23-19(21)17-15-13-11-9-7-5-3-4-6-8-10-12-14-16-18-20(22)24-2/h3-4H,5-18H2,1-2H3. The predicted molar refractivity (Wildman–Crippen MR) is 97.8 cm³/mol. The van der Waals surface area contributed by atoms with Gasteiger partial charge in [0.2, 0.25) is 0 Å². The van der Waals surface area contributed by atoms with Crippen molar-refractivity contribution in [1.29, 1.82) is 0 Å². The second-order valence-corrected chi connectivity index (χ2v) is 6.24. The van der Waals surface area contributed by atoms with E-state index in [-0.39, 0.29) is 11.9 Å². The van der Waals surface area contributed by atoms with Crippen LogP contribution in [-0.2, 0) is 19.1 Å². The molecular weight excluding hydrogens is 304 g/mol. The molecule has 0 aromatic heterocycles. The molecule has 24 heavy (non-hydrogen) atoms. The van der Waals surface area contributed by atoms with Gasteiger partial charge in [-0.25, -0.2) is 0 Å². The third-order valence-corrected chi connectivity index (χ3v) is 4.13. The number of carbonyl (C=O) groups excluding carboxylic acids is 2. The molecule has 0 saturated heterocycles. The summed E-state index contributed by atoms with van der Waals surface area (Å²) < 4.78 is 9.23. The molecule has 0 aromatic carbocycles. The van der Waals surface area contributed by atoms with Crippen LogP contribution in [0, 0.1) is 0 Å². The Bertz CT molecular complexity index is 305. The quantitative estimate of drug-likeness (QED) is 0.216. The summed E-state index contributed by atoms with van der Waals surface area (Å²) in [5.41, 5.74) is 0. The molecule has 0 aliphatic carbocycles. The molecule has 140 valence electrons. The van der Waals surface area contributed by atoms with Crippen molar-refractivity contribution in [1.82, 2.24) is 0 Å². The minimum Gasteiger partial charge on any atom is -0.469 e. The van der Waals surface area contributed by atoms with Crippen LogP contribution in [0.25, 0.3) is 0 Å². The number of ether oxygens (including phenoxy) is 2. The lowest BCUT2D eigenvalue weighted by atomic mass is 10.1. The summed E-state index contributed by atoms with van der Waals surface area (Å²) in [6.45, 7) is 0. The fourth-order valence-electron chi connectivity index (χ4n) is 2.56. The molecule has 0 atom stereocenters. The van der Waals surface area contributed by atoms with E-state index in [4.69, 9.17) is 0 Å². The average molecular weight is 341 g/mol. The molecule has 0 saturated carbocycles. The maximum atomic E-state index is 10.9. The van der Waals surface area contributed by atoms with E-state index in [0.29, 0.717) is 12.8 Å². The van der Waals surface area contributed by atoms with E-state index in [1.807, 2.05) is 0 Å². The van der Waals surface area contributed by atoms with E-state index in [9.17, 15) is 9.59 Å². The molecule has 0 bridgehead atoms. The van der Waals surface area contributed by atoms with Crippen LogP contribution >= 0.6 is 0 Å². The molecule has 0 N–H and O–H groups in total. The summed E-state index contributed by atoms with van der Waals surface area (Å²) in [5, 5.41) is 0. The Kier molecular flexibility index (Phi) is 17.0. The smallest absolute Gasteiger partial charge is 0.305 e. The third kappa shape index (κ3) is 17.0. The van der Waals surface area contributed by atoms with Crippen molar-refractivity contribution in [2.75, 3.05) is 14.2 Å². The van der Waals surface area contributed by atoms with Gasteiger partial charge in [0.05, 0.1) is 14.2 Å². The van der Waals surface area contributed by atoms with Gasteiger partial charge in [0, 0.05) is 12.8 Å². The second kappa shape index (κ2) is 18.0. The monoisotopic (exact) mass is 340 g/mol. The van der Waals surface area contributed by atoms with Crippen LogP contribution in [0.1, 0.15) is 89.9 Å². The van der Waals surface area contributed by atoms with E-state index in [1.165, 1.54) is 52.7 Å². The Hall–Kier alpha value is -1.32. The number of methoxy groups -OCH3 is 2. The fourth-order valence-corrected chi connectivity index (χ4v) is 2.56. The van der Waals surface area contributed by atoms with Gasteiger partial charge in [-0.2, -0.15) is 0 Å². The van der Waals surface area contributed by atoms with Gasteiger partial charge in [-0.3, -0.25) is 9.59 Å². The van der Waals surface area contributed by atoms with Crippen LogP contribution in [0.4, 0.5) is 0 Å². The lowest BCUT2D eigenvalue weighted by Crippen LogP contribution is -1.99. The lowest BCUT2D eigenvalue weighted by molar-refractivity contribution is -0.141. The number of rotatable bonds is 16. The van der Waals surface area contributed by atoms with E-state index in [1.54, 1.807) is 0 Å². The summed E-state index contributed by atoms with van der Waals surface area (Å²) in [6, 6.07) is 0. The van der Waals surface area contributed by atoms with Crippen molar-refractivity contribution in [3.63, 3.8) is 0 Å². The molecule has 0 aromatic rings. The highest BCUT2D eigenvalue weighted by atomic mass is 16.5. The molecule has 0 radical (unpaired) electrons. The summed E-state index contributed by atoms with van der Waals surface area (Å²) in [5.74, 6) is -0.192. The van der Waals surface area contributed by atoms with E-state index in [0.717, 1.165) is 38.5 Å². The van der Waals surface area contributed by atoms with E-state index < -0.39 is 0 Å². The fraction of sp³-hybridized carbons (Fsp3) is 0.800. The molecule has 0 rings (SSSR count). The first-order chi connectivity index (χ1) is 11.7. The van der Waals surface area contributed by atoms with Crippen molar-refractivity contribution in [3.05, 3.63) is 12.2 Å². The van der Waals surface area contributed by atoms with Gasteiger partial charge >= 0.3 is 11.9 Å². The molecule has 0 fully saturated rings. The first-order valence-corrected chi connectivity index (χ1v) is 9.49. The molecule has 0 heterocycles. The zero-order valence-electron chi connectivity index (χ0n) is 15.7. The maximum Gasteiger partial charge on any atom is 0.305 e. The Morgan fingerprint density at radius 2 is 0.917 bits per heavy atom. The normalized spacial score (nSPS) is 10.9. The number of hydrogen-bond acceptors (Lipinski definition) is 4. The SMILES string of the molecule is COC(=O)CCCCCCCC=CCCCCCCCC(=O)OC. The highest BCUT2D eigenvalue weighted by Gasteiger charge is 1.99. The van der Waals surface area contributed by atoms with Crippen molar-refractivity contribution in [2.24, 2.45) is 0 Å². The van der Waals surface area contributed by atoms with E-state index in [2.05, 4.69) is 21.6 Å². The largest absolute Gasteiger partial charge is 0.469 e. The van der Waals surface area contributed by atoms with Gasteiger partial charge in [-0.15, -0.1) is 0 Å². The van der Waals surface area contributed by atoms with Crippen LogP contribution in [0.5, 0.6) is 0 Å². The van der Waals surface area contributed by atoms with Crippen LogP contribution < -0.4 is 0 Å². The molecule has 0 aliphatic heterocycles. The van der Waals surface area contributed by atoms with Crippen molar-refractivity contribution < 1.29 is 19.1 Å². The van der Waals surface area contributed by atoms with Gasteiger partial charge in [0.15, 0.2) is 0 Å². The van der Waals surface area contributed by atoms with Crippen LogP contribution in [0.3, 0.4) is 0 Å². The first-order valence-electron chi connectivity index (χ1n) is 9.49. The molecule has 0 spiro atoms. The lowest BCUT2D eigenvalue weighted by Gasteiger charge is -2.00. The summed E-state index contributed by atoms with van der Waals surface area (Å²) >= 11 is 0. The predicted octanol–water partition coefficient (Wildman–Crippen LogP) is 5.35. The van der Waals surface area contributed by atoms with Crippen molar-refractivity contribution in [3.8, 4) is 0 Å². The van der Waals surface area contributed by atoms with Crippen LogP contribution in [-0.4, -0.2) is 26.2 Å². The topological polar surface area (TPSA) is 52.6 Å². The molecule has 4 nitrogen and oxygen atoms in total. The minimum absolute atomic E-state index is 0.0959. The Morgan fingerprint density at radius 1 is 0.583 bits per heavy atom. The average Bonchev–Trinajstić information content (AvgIpc) is 2.60. The summed E-state index contributed by atoms with van der Waals surface area (Å²) in [6.07, 6.45) is 19.5. The maximum absolute atomic E-state index is 10.9. The second-order valence-electron chi connectivity index (χ2n) is 6.24. The Morgan fingerprint density at radius 3 is 1.29 bits per heavy atom. The van der Waals surface area contributed by atoms with Gasteiger partial charge in [-0.05, 0) is 38.5 Å². The number of allylic oxidation sites excluding steroid dienone is 2. The van der Waals surface area contributed by atoms with E-state index >= 15 is 0 Å². The Balaban J connectivity index is 3.16. The Labute approximate surface area is 148 Å². The van der Waals surface area contributed by atoms with Crippen LogP contribution in [0.2, 0.25) is 0 Å². The number of hydrogen-bond donors (Lipinski definition) is 0. The number of carbonyl (C=O) groups is 2. The van der Waals surface area contributed by atoms with Crippen LogP contribution in [0.15, 0.2) is 12.2 Å². The summed E-state index contributed by atoms with van der Waals surface area (Å²) in [4.78, 5) is 21.9. The first kappa shape index (κ1) is 22.7. The third-order valence-electron chi connectivity index (χ3n) is 4.13. The highest BCUT2D eigenvalue weighted by Crippen LogP contribution is 2.10.